The summed E-state index contributed by atoms with van der Waals surface area (Å²) in [5, 5.41) is 14.1. The van der Waals surface area contributed by atoms with E-state index in [0.29, 0.717) is 0 Å². The second-order valence-corrected chi connectivity index (χ2v) is 6.39. The molecular weight excluding hydrogens is 299 g/mol. The summed E-state index contributed by atoms with van der Waals surface area (Å²) in [7, 11) is 0. The van der Waals surface area contributed by atoms with E-state index >= 15 is 0 Å². The third-order valence-electron chi connectivity index (χ3n) is 3.70. The Bertz CT molecular complexity index is 559. The summed E-state index contributed by atoms with van der Waals surface area (Å²) in [6, 6.07) is 3.04. The summed E-state index contributed by atoms with van der Waals surface area (Å²) in [4.78, 5) is 22.4. The van der Waals surface area contributed by atoms with Crippen LogP contribution in [0.2, 0.25) is 0 Å². The summed E-state index contributed by atoms with van der Waals surface area (Å²) in [6.07, 6.45) is 4.58. The molecule has 0 aliphatic heterocycles. The van der Waals surface area contributed by atoms with Crippen molar-refractivity contribution in [3.05, 3.63) is 39.7 Å². The second kappa shape index (κ2) is 8.72. The van der Waals surface area contributed by atoms with E-state index in [-0.39, 0.29) is 17.7 Å². The maximum atomic E-state index is 13.8. The van der Waals surface area contributed by atoms with E-state index in [1.54, 1.807) is 0 Å². The van der Waals surface area contributed by atoms with Gasteiger partial charge in [0.15, 0.2) is 5.78 Å². The minimum absolute atomic E-state index is 0.0822. The summed E-state index contributed by atoms with van der Waals surface area (Å²) in [6.45, 7) is 6.68. The van der Waals surface area contributed by atoms with Gasteiger partial charge in [0.2, 0.25) is 0 Å². The SMILES string of the molecule is CCCCCCNC(C)(C)CC(=O)c1cc([N+](=O)[O-])ccc1F. The Kier molecular flexibility index (Phi) is 7.29. The fraction of sp³-hybridized carbons (Fsp3) is 0.588. The third kappa shape index (κ3) is 6.44. The fourth-order valence-electron chi connectivity index (χ4n) is 2.38. The number of nitrogens with zero attached hydrogens (tertiary/aromatic N) is 1. The number of non-ortho nitro benzene ring substituents is 1. The first kappa shape index (κ1) is 19.2. The van der Waals surface area contributed by atoms with Crippen molar-refractivity contribution in [1.82, 2.24) is 5.32 Å². The lowest BCUT2D eigenvalue weighted by molar-refractivity contribution is -0.384. The van der Waals surface area contributed by atoms with Gasteiger partial charge in [-0.3, -0.25) is 14.9 Å². The molecule has 5 nitrogen and oxygen atoms in total. The molecule has 6 heteroatoms. The van der Waals surface area contributed by atoms with Crippen LogP contribution in [0.5, 0.6) is 0 Å². The van der Waals surface area contributed by atoms with Gasteiger partial charge in [0.05, 0.1) is 10.5 Å². The number of unbranched alkanes of at least 4 members (excludes halogenated alkanes) is 3. The highest BCUT2D eigenvalue weighted by molar-refractivity contribution is 5.97. The predicted molar refractivity (Wildman–Crippen MR) is 88.2 cm³/mol. The van der Waals surface area contributed by atoms with Gasteiger partial charge in [-0.05, 0) is 32.9 Å². The number of nitrogens with one attached hydrogen (secondary N) is 1. The Morgan fingerprint density at radius 1 is 1.30 bits per heavy atom. The first-order valence-corrected chi connectivity index (χ1v) is 7.99. The van der Waals surface area contributed by atoms with Crippen LogP contribution in [0.3, 0.4) is 0 Å². The van der Waals surface area contributed by atoms with Crippen molar-refractivity contribution in [2.24, 2.45) is 0 Å². The smallest absolute Gasteiger partial charge is 0.270 e. The molecule has 23 heavy (non-hydrogen) atoms. The second-order valence-electron chi connectivity index (χ2n) is 6.39. The topological polar surface area (TPSA) is 72.2 Å². The highest BCUT2D eigenvalue weighted by Gasteiger charge is 2.25. The van der Waals surface area contributed by atoms with Crippen LogP contribution in [0.15, 0.2) is 18.2 Å². The molecule has 0 radical (unpaired) electrons. The van der Waals surface area contributed by atoms with Crippen LogP contribution in [0.4, 0.5) is 10.1 Å². The van der Waals surface area contributed by atoms with Gasteiger partial charge in [0.1, 0.15) is 5.82 Å². The monoisotopic (exact) mass is 324 g/mol. The van der Waals surface area contributed by atoms with Crippen molar-refractivity contribution in [2.75, 3.05) is 6.54 Å². The molecule has 1 rings (SSSR count). The molecule has 0 aliphatic carbocycles. The number of halogens is 1. The van der Waals surface area contributed by atoms with Crippen LogP contribution in [0.1, 0.15) is 63.2 Å². The number of hydrogen-bond acceptors (Lipinski definition) is 4. The van der Waals surface area contributed by atoms with Crippen molar-refractivity contribution in [1.29, 1.82) is 0 Å². The number of nitro groups is 1. The van der Waals surface area contributed by atoms with Crippen LogP contribution in [-0.4, -0.2) is 22.8 Å². The lowest BCUT2D eigenvalue weighted by Gasteiger charge is -2.25. The molecule has 0 unspecified atom stereocenters. The quantitative estimate of drug-likeness (QED) is 0.302. The molecular formula is C17H25FN2O3. The largest absolute Gasteiger partial charge is 0.311 e. The Morgan fingerprint density at radius 2 is 2.00 bits per heavy atom. The first-order valence-electron chi connectivity index (χ1n) is 7.99. The molecule has 0 saturated carbocycles. The van der Waals surface area contributed by atoms with Gasteiger partial charge in [-0.2, -0.15) is 0 Å². The highest BCUT2D eigenvalue weighted by Crippen LogP contribution is 2.21. The van der Waals surface area contributed by atoms with Crippen LogP contribution >= 0.6 is 0 Å². The zero-order valence-electron chi connectivity index (χ0n) is 14.0. The summed E-state index contributed by atoms with van der Waals surface area (Å²) in [5.74, 6) is -1.16. The van der Waals surface area contributed by atoms with Gasteiger partial charge in [0, 0.05) is 24.1 Å². The minimum atomic E-state index is -0.723. The van der Waals surface area contributed by atoms with E-state index in [2.05, 4.69) is 12.2 Å². The van der Waals surface area contributed by atoms with Crippen LogP contribution < -0.4 is 5.32 Å². The number of carbonyl (C=O) groups excluding carboxylic acids is 1. The van der Waals surface area contributed by atoms with Gasteiger partial charge in [0.25, 0.3) is 5.69 Å². The molecule has 0 spiro atoms. The third-order valence-corrected chi connectivity index (χ3v) is 3.70. The van der Waals surface area contributed by atoms with Gasteiger partial charge >= 0.3 is 0 Å². The number of benzene rings is 1. The lowest BCUT2D eigenvalue weighted by Crippen LogP contribution is -2.41. The Hall–Kier alpha value is -1.82. The van der Waals surface area contributed by atoms with E-state index in [0.717, 1.165) is 44.0 Å². The molecule has 0 atom stereocenters. The molecule has 0 saturated heterocycles. The molecule has 128 valence electrons. The summed E-state index contributed by atoms with van der Waals surface area (Å²) < 4.78 is 13.8. The maximum absolute atomic E-state index is 13.8. The Morgan fingerprint density at radius 3 is 2.61 bits per heavy atom. The van der Waals surface area contributed by atoms with Crippen LogP contribution in [0, 0.1) is 15.9 Å². The molecule has 0 heterocycles. The van der Waals surface area contributed by atoms with Crippen LogP contribution in [0.25, 0.3) is 0 Å². The molecule has 1 aromatic rings. The molecule has 1 N–H and O–H groups in total. The molecule has 0 bridgehead atoms. The number of rotatable bonds is 10. The minimum Gasteiger partial charge on any atom is -0.311 e. The van der Waals surface area contributed by atoms with E-state index < -0.39 is 22.1 Å². The molecule has 0 aliphatic rings. The number of Topliss-reactive ketones (excluding diaryl/α,β-unsaturated/α-hetero) is 1. The van der Waals surface area contributed by atoms with Gasteiger partial charge in [-0.15, -0.1) is 0 Å². The van der Waals surface area contributed by atoms with E-state index in [1.165, 1.54) is 6.42 Å². The zero-order valence-corrected chi connectivity index (χ0v) is 14.0. The van der Waals surface area contributed by atoms with E-state index in [1.807, 2.05) is 13.8 Å². The van der Waals surface area contributed by atoms with Crippen molar-refractivity contribution in [3.8, 4) is 0 Å². The normalized spacial score (nSPS) is 11.5. The van der Waals surface area contributed by atoms with Gasteiger partial charge in [-0.25, -0.2) is 4.39 Å². The number of nitro benzene ring substituents is 1. The van der Waals surface area contributed by atoms with E-state index in [9.17, 15) is 19.3 Å². The highest BCUT2D eigenvalue weighted by atomic mass is 19.1. The summed E-state index contributed by atoms with van der Waals surface area (Å²) in [5.41, 5.74) is -0.986. The fourth-order valence-corrected chi connectivity index (χ4v) is 2.38. The van der Waals surface area contributed by atoms with Crippen molar-refractivity contribution >= 4 is 11.5 Å². The first-order chi connectivity index (χ1) is 10.8. The Balaban J connectivity index is 2.67. The number of hydrogen-bond donors (Lipinski definition) is 1. The zero-order chi connectivity index (χ0) is 17.5. The van der Waals surface area contributed by atoms with Crippen molar-refractivity contribution in [2.45, 2.75) is 58.4 Å². The molecule has 0 amide bonds. The van der Waals surface area contributed by atoms with Crippen molar-refractivity contribution < 1.29 is 14.1 Å². The Labute approximate surface area is 136 Å². The van der Waals surface area contributed by atoms with Crippen LogP contribution in [-0.2, 0) is 0 Å². The van der Waals surface area contributed by atoms with E-state index in [4.69, 9.17) is 0 Å². The maximum Gasteiger partial charge on any atom is 0.270 e. The molecule has 0 fully saturated rings. The lowest BCUT2D eigenvalue weighted by atomic mass is 9.93. The van der Waals surface area contributed by atoms with Gasteiger partial charge in [-0.1, -0.05) is 26.2 Å². The average Bonchev–Trinajstić information content (AvgIpc) is 2.46. The predicted octanol–water partition coefficient (Wildman–Crippen LogP) is 4.26. The number of ketones is 1. The van der Waals surface area contributed by atoms with Gasteiger partial charge < -0.3 is 5.32 Å². The number of carbonyl (C=O) groups is 1. The standard InChI is InChI=1S/C17H25FN2O3/c1-4-5-6-7-10-19-17(2,3)12-16(21)14-11-13(20(22)23)8-9-15(14)18/h8-9,11,19H,4-7,10,12H2,1-3H3. The molecule has 0 aromatic heterocycles. The average molecular weight is 324 g/mol. The summed E-state index contributed by atoms with van der Waals surface area (Å²) >= 11 is 0. The van der Waals surface area contributed by atoms with Crippen molar-refractivity contribution in [3.63, 3.8) is 0 Å². The molecule has 1 aromatic carbocycles.